The summed E-state index contributed by atoms with van der Waals surface area (Å²) in [5.74, 6) is 0. The van der Waals surface area contributed by atoms with Gasteiger partial charge in [-0.2, -0.15) is 5.26 Å². The van der Waals surface area contributed by atoms with E-state index in [1.807, 2.05) is 5.38 Å². The van der Waals surface area contributed by atoms with E-state index in [0.29, 0.717) is 0 Å². The zero-order valence-corrected chi connectivity index (χ0v) is 8.13. The Morgan fingerprint density at radius 1 is 1.54 bits per heavy atom. The Balaban J connectivity index is 2.14. The maximum Gasteiger partial charge on any atom is 0.150 e. The van der Waals surface area contributed by atoms with Gasteiger partial charge in [0.15, 0.2) is 6.04 Å². The first-order chi connectivity index (χ1) is 6.42. The van der Waals surface area contributed by atoms with Crippen molar-refractivity contribution >= 4 is 11.3 Å². The van der Waals surface area contributed by atoms with Crippen LogP contribution in [-0.4, -0.2) is 23.0 Å². The van der Waals surface area contributed by atoms with Gasteiger partial charge in [0.05, 0.1) is 6.07 Å². The van der Waals surface area contributed by atoms with Gasteiger partial charge >= 0.3 is 0 Å². The van der Waals surface area contributed by atoms with E-state index in [2.05, 4.69) is 16.0 Å². The van der Waals surface area contributed by atoms with Crippen LogP contribution in [0.5, 0.6) is 0 Å². The molecule has 0 N–H and O–H groups in total. The van der Waals surface area contributed by atoms with Gasteiger partial charge in [-0.25, -0.2) is 4.98 Å². The van der Waals surface area contributed by atoms with Crippen molar-refractivity contribution in [1.82, 2.24) is 9.88 Å². The maximum absolute atomic E-state index is 9.03. The molecule has 0 radical (unpaired) electrons. The smallest absolute Gasteiger partial charge is 0.150 e. The summed E-state index contributed by atoms with van der Waals surface area (Å²) in [6.07, 6.45) is 4.19. The van der Waals surface area contributed by atoms with Crippen LogP contribution < -0.4 is 0 Å². The molecular weight excluding hydrogens is 182 g/mol. The van der Waals surface area contributed by atoms with Gasteiger partial charge in [0.25, 0.3) is 0 Å². The van der Waals surface area contributed by atoms with Gasteiger partial charge < -0.3 is 0 Å². The van der Waals surface area contributed by atoms with E-state index < -0.39 is 0 Å². The predicted octanol–water partition coefficient (Wildman–Crippen LogP) is 1.80. The van der Waals surface area contributed by atoms with Crippen molar-refractivity contribution in [3.8, 4) is 6.07 Å². The maximum atomic E-state index is 9.03. The molecule has 1 aromatic rings. The Morgan fingerprint density at radius 2 is 2.31 bits per heavy atom. The lowest BCUT2D eigenvalue weighted by Gasteiger charge is -2.18. The van der Waals surface area contributed by atoms with Crippen LogP contribution in [0.3, 0.4) is 0 Å². The molecular formula is C9H11N3S. The highest BCUT2D eigenvalue weighted by Gasteiger charge is 2.24. The standard InChI is InChI=1S/C9H11N3S/c10-7-8(9-11-3-6-13-9)12-4-1-2-5-12/h3,6,8H,1-2,4-5H2. The molecule has 3 nitrogen and oxygen atoms in total. The van der Waals surface area contributed by atoms with Crippen molar-refractivity contribution in [3.63, 3.8) is 0 Å². The third-order valence-electron chi connectivity index (χ3n) is 2.31. The van der Waals surface area contributed by atoms with Crippen LogP contribution in [0.4, 0.5) is 0 Å². The molecule has 0 bridgehead atoms. The Hall–Kier alpha value is -0.920. The first-order valence-electron chi connectivity index (χ1n) is 4.45. The third kappa shape index (κ3) is 1.71. The number of hydrogen-bond donors (Lipinski definition) is 0. The lowest BCUT2D eigenvalue weighted by molar-refractivity contribution is 0.294. The minimum atomic E-state index is -0.109. The van der Waals surface area contributed by atoms with Gasteiger partial charge in [-0.05, 0) is 25.9 Å². The van der Waals surface area contributed by atoms with E-state index in [9.17, 15) is 0 Å². The molecule has 0 amide bonds. The first kappa shape index (κ1) is 8.67. The summed E-state index contributed by atoms with van der Waals surface area (Å²) in [5, 5.41) is 11.9. The Bertz CT molecular complexity index is 295. The highest BCUT2D eigenvalue weighted by molar-refractivity contribution is 7.09. The van der Waals surface area contributed by atoms with Gasteiger partial charge in [0, 0.05) is 11.6 Å². The number of rotatable bonds is 2. The van der Waals surface area contributed by atoms with E-state index >= 15 is 0 Å². The molecule has 0 saturated carbocycles. The van der Waals surface area contributed by atoms with Crippen LogP contribution in [0.2, 0.25) is 0 Å². The van der Waals surface area contributed by atoms with Crippen molar-refractivity contribution in [2.24, 2.45) is 0 Å². The Kier molecular flexibility index (Phi) is 2.57. The molecule has 4 heteroatoms. The minimum Gasteiger partial charge on any atom is -0.282 e. The highest BCUT2D eigenvalue weighted by Crippen LogP contribution is 2.25. The normalized spacial score (nSPS) is 19.9. The van der Waals surface area contributed by atoms with E-state index in [4.69, 9.17) is 5.26 Å². The molecule has 0 spiro atoms. The fourth-order valence-corrected chi connectivity index (χ4v) is 2.38. The average Bonchev–Trinajstić information content (AvgIpc) is 2.76. The second kappa shape index (κ2) is 3.86. The molecule has 13 heavy (non-hydrogen) atoms. The van der Waals surface area contributed by atoms with Crippen molar-refractivity contribution in [2.45, 2.75) is 18.9 Å². The van der Waals surface area contributed by atoms with E-state index in [0.717, 1.165) is 18.1 Å². The van der Waals surface area contributed by atoms with Gasteiger partial charge in [-0.15, -0.1) is 11.3 Å². The van der Waals surface area contributed by atoms with Crippen LogP contribution in [-0.2, 0) is 0 Å². The van der Waals surface area contributed by atoms with Gasteiger partial charge in [-0.1, -0.05) is 0 Å². The van der Waals surface area contributed by atoms with Crippen LogP contribution >= 0.6 is 11.3 Å². The lowest BCUT2D eigenvalue weighted by atomic mass is 10.3. The fourth-order valence-electron chi connectivity index (χ4n) is 1.66. The molecule has 0 aliphatic carbocycles. The van der Waals surface area contributed by atoms with Crippen molar-refractivity contribution in [1.29, 1.82) is 5.26 Å². The van der Waals surface area contributed by atoms with Crippen molar-refractivity contribution < 1.29 is 0 Å². The molecule has 1 aliphatic rings. The van der Waals surface area contributed by atoms with Crippen LogP contribution in [0, 0.1) is 11.3 Å². The molecule has 2 heterocycles. The second-order valence-electron chi connectivity index (χ2n) is 3.15. The number of hydrogen-bond acceptors (Lipinski definition) is 4. The molecule has 1 aliphatic heterocycles. The van der Waals surface area contributed by atoms with Crippen molar-refractivity contribution in [2.75, 3.05) is 13.1 Å². The zero-order valence-electron chi connectivity index (χ0n) is 7.31. The van der Waals surface area contributed by atoms with Gasteiger partial charge in [0.2, 0.25) is 0 Å². The summed E-state index contributed by atoms with van der Waals surface area (Å²) >= 11 is 1.57. The largest absolute Gasteiger partial charge is 0.282 e. The molecule has 1 saturated heterocycles. The number of nitriles is 1. The van der Waals surface area contributed by atoms with Crippen LogP contribution in [0.25, 0.3) is 0 Å². The highest BCUT2D eigenvalue weighted by atomic mass is 32.1. The summed E-state index contributed by atoms with van der Waals surface area (Å²) in [5.41, 5.74) is 0. The molecule has 1 atom stereocenters. The van der Waals surface area contributed by atoms with E-state index in [1.54, 1.807) is 17.5 Å². The van der Waals surface area contributed by atoms with Gasteiger partial charge in [-0.3, -0.25) is 4.90 Å². The monoisotopic (exact) mass is 193 g/mol. The summed E-state index contributed by atoms with van der Waals surface area (Å²) in [6, 6.07) is 2.21. The number of likely N-dealkylation sites (tertiary alicyclic amines) is 1. The molecule has 68 valence electrons. The molecule has 1 unspecified atom stereocenters. The average molecular weight is 193 g/mol. The topological polar surface area (TPSA) is 39.9 Å². The van der Waals surface area contributed by atoms with E-state index in [1.165, 1.54) is 12.8 Å². The second-order valence-corrected chi connectivity index (χ2v) is 4.07. The quantitative estimate of drug-likeness (QED) is 0.719. The Morgan fingerprint density at radius 3 is 2.85 bits per heavy atom. The zero-order chi connectivity index (χ0) is 9.10. The SMILES string of the molecule is N#CC(c1nccs1)N1CCCC1. The van der Waals surface area contributed by atoms with Crippen molar-refractivity contribution in [3.05, 3.63) is 16.6 Å². The molecule has 1 fully saturated rings. The lowest BCUT2D eigenvalue weighted by Crippen LogP contribution is -2.24. The van der Waals surface area contributed by atoms with Gasteiger partial charge in [0.1, 0.15) is 5.01 Å². The molecule has 0 aromatic carbocycles. The number of nitrogens with zero attached hydrogens (tertiary/aromatic N) is 3. The third-order valence-corrected chi connectivity index (χ3v) is 3.14. The summed E-state index contributed by atoms with van der Waals surface area (Å²) in [6.45, 7) is 2.08. The van der Waals surface area contributed by atoms with Crippen LogP contribution in [0.15, 0.2) is 11.6 Å². The number of thiazole rings is 1. The predicted molar refractivity (Wildman–Crippen MR) is 51.3 cm³/mol. The van der Waals surface area contributed by atoms with Crippen LogP contribution in [0.1, 0.15) is 23.9 Å². The fraction of sp³-hybridized carbons (Fsp3) is 0.556. The molecule has 2 rings (SSSR count). The van der Waals surface area contributed by atoms with E-state index in [-0.39, 0.29) is 6.04 Å². The number of aromatic nitrogens is 1. The first-order valence-corrected chi connectivity index (χ1v) is 5.33. The molecule has 1 aromatic heterocycles. The summed E-state index contributed by atoms with van der Waals surface area (Å²) < 4.78 is 0. The Labute approximate surface area is 81.6 Å². The summed E-state index contributed by atoms with van der Waals surface area (Å²) in [4.78, 5) is 6.39. The summed E-state index contributed by atoms with van der Waals surface area (Å²) in [7, 11) is 0. The minimum absolute atomic E-state index is 0.109.